The van der Waals surface area contributed by atoms with Gasteiger partial charge in [-0.05, 0) is 17.9 Å². The van der Waals surface area contributed by atoms with Gasteiger partial charge in [0.15, 0.2) is 6.10 Å². The van der Waals surface area contributed by atoms with E-state index in [1.54, 1.807) is 0 Å². The van der Waals surface area contributed by atoms with Crippen LogP contribution >= 0.6 is 0 Å². The highest BCUT2D eigenvalue weighted by molar-refractivity contribution is 5.81. The minimum atomic E-state index is -1.40. The number of aliphatic hydroxyl groups excluding tert-OH is 1. The lowest BCUT2D eigenvalue weighted by atomic mass is 10.1. The third kappa shape index (κ3) is 5.07. The lowest BCUT2D eigenvalue weighted by Gasteiger charge is -2.21. The van der Waals surface area contributed by atoms with Crippen LogP contribution in [0.5, 0.6) is 0 Å². The van der Waals surface area contributed by atoms with Crippen LogP contribution in [-0.4, -0.2) is 29.3 Å². The molecule has 1 aliphatic rings. The molecule has 0 aliphatic heterocycles. The Morgan fingerprint density at radius 1 is 1.33 bits per heavy atom. The second-order valence-corrected chi connectivity index (χ2v) is 5.30. The maximum Gasteiger partial charge on any atom is 0.404 e. The van der Waals surface area contributed by atoms with E-state index in [9.17, 15) is 14.7 Å². The first-order chi connectivity index (χ1) is 10.1. The number of rotatable bonds is 7. The number of aliphatic hydroxyl groups is 1. The summed E-state index contributed by atoms with van der Waals surface area (Å²) in [6.07, 6.45) is -0.750. The molecule has 1 unspecified atom stereocenters. The SMILES string of the molecule is NC(=O)O[C@@H](CC1CC1)C(O)C(=O)NCc1ccccc1. The van der Waals surface area contributed by atoms with Gasteiger partial charge in [-0.2, -0.15) is 0 Å². The highest BCUT2D eigenvalue weighted by Gasteiger charge is 2.34. The maximum atomic E-state index is 11.9. The number of hydrogen-bond donors (Lipinski definition) is 3. The molecule has 0 radical (unpaired) electrons. The molecule has 6 heteroatoms. The Morgan fingerprint density at radius 3 is 2.57 bits per heavy atom. The summed E-state index contributed by atoms with van der Waals surface area (Å²) in [5, 5.41) is 12.7. The van der Waals surface area contributed by atoms with Crippen molar-refractivity contribution in [3.8, 4) is 0 Å². The molecule has 4 N–H and O–H groups in total. The zero-order valence-electron chi connectivity index (χ0n) is 11.7. The highest BCUT2D eigenvalue weighted by Crippen LogP contribution is 2.35. The van der Waals surface area contributed by atoms with E-state index in [4.69, 9.17) is 10.5 Å². The molecule has 2 amide bonds. The molecule has 0 saturated heterocycles. The first-order valence-corrected chi connectivity index (χ1v) is 7.02. The Labute approximate surface area is 123 Å². The predicted molar refractivity (Wildman–Crippen MR) is 76.1 cm³/mol. The summed E-state index contributed by atoms with van der Waals surface area (Å²) in [7, 11) is 0. The van der Waals surface area contributed by atoms with E-state index >= 15 is 0 Å². The number of nitrogens with one attached hydrogen (secondary N) is 1. The zero-order valence-corrected chi connectivity index (χ0v) is 11.7. The normalized spacial score (nSPS) is 16.8. The van der Waals surface area contributed by atoms with Crippen LogP contribution in [0.4, 0.5) is 4.79 Å². The van der Waals surface area contributed by atoms with Crippen LogP contribution in [-0.2, 0) is 16.1 Å². The Balaban J connectivity index is 1.87. The maximum absolute atomic E-state index is 11.9. The number of carbonyl (C=O) groups is 2. The number of hydrogen-bond acceptors (Lipinski definition) is 4. The second kappa shape index (κ2) is 7.08. The van der Waals surface area contributed by atoms with E-state index in [0.717, 1.165) is 18.4 Å². The van der Waals surface area contributed by atoms with Crippen molar-refractivity contribution in [1.82, 2.24) is 5.32 Å². The third-order valence-electron chi connectivity index (χ3n) is 3.46. The molecule has 2 atom stereocenters. The Bertz CT molecular complexity index is 488. The van der Waals surface area contributed by atoms with Crippen molar-refractivity contribution in [3.63, 3.8) is 0 Å². The van der Waals surface area contributed by atoms with E-state index in [2.05, 4.69) is 5.32 Å². The number of carbonyl (C=O) groups excluding carboxylic acids is 2. The van der Waals surface area contributed by atoms with Gasteiger partial charge < -0.3 is 20.9 Å². The van der Waals surface area contributed by atoms with Gasteiger partial charge in [0, 0.05) is 6.54 Å². The fourth-order valence-electron chi connectivity index (χ4n) is 2.13. The molecule has 6 nitrogen and oxygen atoms in total. The minimum absolute atomic E-state index is 0.309. The van der Waals surface area contributed by atoms with Gasteiger partial charge in [-0.25, -0.2) is 4.79 Å². The molecular weight excluding hydrogens is 272 g/mol. The lowest BCUT2D eigenvalue weighted by Crippen LogP contribution is -2.44. The van der Waals surface area contributed by atoms with E-state index in [-0.39, 0.29) is 0 Å². The van der Waals surface area contributed by atoms with E-state index in [1.165, 1.54) is 0 Å². The van der Waals surface area contributed by atoms with Crippen LogP contribution in [0.25, 0.3) is 0 Å². The molecule has 0 spiro atoms. The number of amides is 2. The van der Waals surface area contributed by atoms with Crippen LogP contribution in [0, 0.1) is 5.92 Å². The average molecular weight is 292 g/mol. The molecule has 0 aromatic heterocycles. The van der Waals surface area contributed by atoms with Gasteiger partial charge in [0.05, 0.1) is 0 Å². The molecule has 1 fully saturated rings. The molecule has 21 heavy (non-hydrogen) atoms. The number of benzene rings is 1. The summed E-state index contributed by atoms with van der Waals surface area (Å²) in [5.41, 5.74) is 5.91. The summed E-state index contributed by atoms with van der Waals surface area (Å²) >= 11 is 0. The first-order valence-electron chi connectivity index (χ1n) is 7.02. The van der Waals surface area contributed by atoms with Crippen molar-refractivity contribution in [1.29, 1.82) is 0 Å². The summed E-state index contributed by atoms with van der Waals surface area (Å²) in [5.74, 6) is -0.170. The number of ether oxygens (including phenoxy) is 1. The number of nitrogens with two attached hydrogens (primary N) is 1. The van der Waals surface area contributed by atoms with Crippen molar-refractivity contribution in [2.45, 2.75) is 38.0 Å². The third-order valence-corrected chi connectivity index (χ3v) is 3.46. The molecule has 2 rings (SSSR count). The van der Waals surface area contributed by atoms with E-state index < -0.39 is 24.2 Å². The van der Waals surface area contributed by atoms with Crippen molar-refractivity contribution >= 4 is 12.0 Å². The molecular formula is C15H20N2O4. The summed E-state index contributed by atoms with van der Waals surface area (Å²) in [6, 6.07) is 9.35. The summed E-state index contributed by atoms with van der Waals surface area (Å²) in [6.45, 7) is 0.309. The quantitative estimate of drug-likeness (QED) is 0.695. The van der Waals surface area contributed by atoms with Gasteiger partial charge in [0.1, 0.15) is 6.10 Å². The van der Waals surface area contributed by atoms with Crippen LogP contribution in [0.15, 0.2) is 30.3 Å². The van der Waals surface area contributed by atoms with Crippen molar-refractivity contribution in [2.75, 3.05) is 0 Å². The summed E-state index contributed by atoms with van der Waals surface area (Å²) < 4.78 is 4.86. The van der Waals surface area contributed by atoms with E-state index in [1.807, 2.05) is 30.3 Å². The predicted octanol–water partition coefficient (Wildman–Crippen LogP) is 0.928. The Morgan fingerprint density at radius 2 is 2.00 bits per heavy atom. The second-order valence-electron chi connectivity index (χ2n) is 5.30. The van der Waals surface area contributed by atoms with Gasteiger partial charge in [0.2, 0.25) is 0 Å². The number of primary amides is 1. The van der Waals surface area contributed by atoms with Crippen molar-refractivity contribution in [2.24, 2.45) is 11.7 Å². The molecule has 1 aromatic rings. The van der Waals surface area contributed by atoms with Crippen molar-refractivity contribution in [3.05, 3.63) is 35.9 Å². The average Bonchev–Trinajstić information content (AvgIpc) is 3.28. The molecule has 114 valence electrons. The monoisotopic (exact) mass is 292 g/mol. The molecule has 0 heterocycles. The highest BCUT2D eigenvalue weighted by atomic mass is 16.6. The fraction of sp³-hybridized carbons (Fsp3) is 0.467. The smallest absolute Gasteiger partial charge is 0.404 e. The molecule has 1 saturated carbocycles. The molecule has 1 aliphatic carbocycles. The van der Waals surface area contributed by atoms with Gasteiger partial charge >= 0.3 is 6.09 Å². The summed E-state index contributed by atoms with van der Waals surface area (Å²) in [4.78, 5) is 22.8. The van der Waals surface area contributed by atoms with E-state index in [0.29, 0.717) is 18.9 Å². The van der Waals surface area contributed by atoms with Crippen LogP contribution in [0.2, 0.25) is 0 Å². The molecule has 1 aromatic carbocycles. The largest absolute Gasteiger partial charge is 0.443 e. The van der Waals surface area contributed by atoms with Gasteiger partial charge in [-0.1, -0.05) is 43.2 Å². The Hall–Kier alpha value is -2.08. The topological polar surface area (TPSA) is 102 Å². The minimum Gasteiger partial charge on any atom is -0.443 e. The Kier molecular flexibility index (Phi) is 5.16. The van der Waals surface area contributed by atoms with Gasteiger partial charge in [-0.15, -0.1) is 0 Å². The fourth-order valence-corrected chi connectivity index (χ4v) is 2.13. The van der Waals surface area contributed by atoms with Crippen LogP contribution in [0.1, 0.15) is 24.8 Å². The van der Waals surface area contributed by atoms with Gasteiger partial charge in [-0.3, -0.25) is 4.79 Å². The first kappa shape index (κ1) is 15.3. The molecule has 0 bridgehead atoms. The lowest BCUT2D eigenvalue weighted by molar-refractivity contribution is -0.135. The standard InChI is InChI=1S/C15H20N2O4/c16-15(20)21-12(8-10-6-7-10)13(18)14(19)17-9-11-4-2-1-3-5-11/h1-5,10,12-13,18H,6-9H2,(H2,16,20)(H,17,19)/t12-,13?/m0/s1. The van der Waals surface area contributed by atoms with Crippen molar-refractivity contribution < 1.29 is 19.4 Å². The van der Waals surface area contributed by atoms with Crippen LogP contribution < -0.4 is 11.1 Å². The zero-order chi connectivity index (χ0) is 15.2. The van der Waals surface area contributed by atoms with Crippen LogP contribution in [0.3, 0.4) is 0 Å². The van der Waals surface area contributed by atoms with Gasteiger partial charge in [0.25, 0.3) is 5.91 Å².